The largest absolute Gasteiger partial charge is 0.387 e. The summed E-state index contributed by atoms with van der Waals surface area (Å²) < 4.78 is 10.4. The number of hydrogen-bond acceptors (Lipinski definition) is 6. The van der Waals surface area contributed by atoms with Crippen LogP contribution in [-0.2, 0) is 16.1 Å². The zero-order chi connectivity index (χ0) is 13.8. The van der Waals surface area contributed by atoms with E-state index in [9.17, 15) is 20.4 Å². The summed E-state index contributed by atoms with van der Waals surface area (Å²) in [5, 5.41) is 37.9. The van der Waals surface area contributed by atoms with Crippen molar-refractivity contribution in [2.75, 3.05) is 6.61 Å². The highest BCUT2D eigenvalue weighted by Crippen LogP contribution is 2.20. The van der Waals surface area contributed by atoms with E-state index in [1.807, 2.05) is 30.3 Å². The number of ether oxygens (including phenoxy) is 2. The predicted molar refractivity (Wildman–Crippen MR) is 65.0 cm³/mol. The third kappa shape index (κ3) is 3.50. The third-order valence-electron chi connectivity index (χ3n) is 3.08. The van der Waals surface area contributed by atoms with Crippen molar-refractivity contribution >= 4 is 0 Å². The normalized spacial score (nSPS) is 35.3. The molecule has 6 nitrogen and oxygen atoms in total. The van der Waals surface area contributed by atoms with Crippen molar-refractivity contribution in [1.29, 1.82) is 0 Å². The molecule has 0 aliphatic carbocycles. The summed E-state index contributed by atoms with van der Waals surface area (Å²) in [6.45, 7) is 0.346. The van der Waals surface area contributed by atoms with Gasteiger partial charge >= 0.3 is 0 Å². The van der Waals surface area contributed by atoms with E-state index in [1.165, 1.54) is 0 Å². The van der Waals surface area contributed by atoms with Crippen LogP contribution < -0.4 is 0 Å². The average molecular weight is 270 g/mol. The lowest BCUT2D eigenvalue weighted by Crippen LogP contribution is -2.58. The minimum absolute atomic E-state index is 0.0108. The molecule has 1 aliphatic rings. The molecule has 5 atom stereocenters. The summed E-state index contributed by atoms with van der Waals surface area (Å²) in [7, 11) is 0. The van der Waals surface area contributed by atoms with E-state index in [-0.39, 0.29) is 6.61 Å². The lowest BCUT2D eigenvalue weighted by molar-refractivity contribution is -0.289. The van der Waals surface area contributed by atoms with Crippen molar-refractivity contribution in [3.8, 4) is 0 Å². The van der Waals surface area contributed by atoms with Gasteiger partial charge in [-0.2, -0.15) is 0 Å². The third-order valence-corrected chi connectivity index (χ3v) is 3.08. The van der Waals surface area contributed by atoms with Gasteiger partial charge in [-0.3, -0.25) is 0 Å². The molecule has 0 radical (unpaired) electrons. The number of rotatable bonds is 4. The maximum absolute atomic E-state index is 9.70. The van der Waals surface area contributed by atoms with E-state index in [4.69, 9.17) is 9.47 Å². The van der Waals surface area contributed by atoms with Crippen LogP contribution in [0.2, 0.25) is 0 Å². The van der Waals surface area contributed by atoms with Gasteiger partial charge in [-0.05, 0) is 5.56 Å². The fourth-order valence-corrected chi connectivity index (χ4v) is 1.94. The van der Waals surface area contributed by atoms with Crippen molar-refractivity contribution in [1.82, 2.24) is 0 Å². The average Bonchev–Trinajstić information content (AvgIpc) is 2.43. The summed E-state index contributed by atoms with van der Waals surface area (Å²) in [5.74, 6) is 0. The van der Waals surface area contributed by atoms with Crippen LogP contribution in [0.5, 0.6) is 0 Å². The summed E-state index contributed by atoms with van der Waals surface area (Å²) in [4.78, 5) is 0. The van der Waals surface area contributed by atoms with Gasteiger partial charge in [0.2, 0.25) is 0 Å². The molecular formula is C13H18O6. The van der Waals surface area contributed by atoms with E-state index in [0.29, 0.717) is 6.61 Å². The van der Waals surface area contributed by atoms with Gasteiger partial charge in [0, 0.05) is 0 Å². The second kappa shape index (κ2) is 6.42. The molecule has 0 aromatic heterocycles. The molecule has 19 heavy (non-hydrogen) atoms. The fraction of sp³-hybridized carbons (Fsp3) is 0.538. The molecule has 0 bridgehead atoms. The maximum atomic E-state index is 9.70. The fourth-order valence-electron chi connectivity index (χ4n) is 1.94. The van der Waals surface area contributed by atoms with Gasteiger partial charge in [0.25, 0.3) is 0 Å². The van der Waals surface area contributed by atoms with Gasteiger partial charge < -0.3 is 29.9 Å². The molecule has 1 saturated heterocycles. The quantitative estimate of drug-likeness (QED) is 0.560. The van der Waals surface area contributed by atoms with Crippen molar-refractivity contribution < 1.29 is 29.9 Å². The Hall–Kier alpha value is -1.02. The van der Waals surface area contributed by atoms with Crippen molar-refractivity contribution in [3.05, 3.63) is 35.9 Å². The molecule has 0 amide bonds. The molecule has 1 aromatic carbocycles. The molecule has 0 saturated carbocycles. The smallest absolute Gasteiger partial charge is 0.184 e. The number of benzene rings is 1. The second-order valence-corrected chi connectivity index (χ2v) is 4.54. The van der Waals surface area contributed by atoms with Crippen LogP contribution in [0.15, 0.2) is 30.3 Å². The zero-order valence-electron chi connectivity index (χ0n) is 10.3. The van der Waals surface area contributed by atoms with Crippen molar-refractivity contribution in [2.45, 2.75) is 37.3 Å². The molecule has 1 aromatic rings. The van der Waals surface area contributed by atoms with Crippen LogP contribution in [0.25, 0.3) is 0 Å². The van der Waals surface area contributed by atoms with Gasteiger partial charge in [-0.15, -0.1) is 0 Å². The number of aliphatic hydroxyl groups excluding tert-OH is 4. The molecule has 4 N–H and O–H groups in total. The number of aliphatic hydroxyl groups is 4. The molecule has 6 heteroatoms. The van der Waals surface area contributed by atoms with Gasteiger partial charge in [0.1, 0.15) is 24.4 Å². The molecule has 1 fully saturated rings. The molecule has 0 unspecified atom stereocenters. The standard InChI is InChI=1S/C13H18O6/c14-10-9(19-13(17)12(16)11(10)15)7-18-6-8-4-2-1-3-5-8/h1-5,9-17H,6-7H2/t9-,10-,11+,12-,13+/m1/s1. The molecule has 1 aliphatic heterocycles. The highest BCUT2D eigenvalue weighted by atomic mass is 16.6. The lowest BCUT2D eigenvalue weighted by atomic mass is 9.99. The summed E-state index contributed by atoms with van der Waals surface area (Å²) in [5.41, 5.74) is 0.967. The molecular weight excluding hydrogens is 252 g/mol. The Bertz CT molecular complexity index is 384. The highest BCUT2D eigenvalue weighted by Gasteiger charge is 2.42. The Morgan fingerprint density at radius 2 is 1.63 bits per heavy atom. The van der Waals surface area contributed by atoms with E-state index in [1.54, 1.807) is 0 Å². The first-order chi connectivity index (χ1) is 9.09. The van der Waals surface area contributed by atoms with Crippen molar-refractivity contribution in [3.63, 3.8) is 0 Å². The number of hydrogen-bond donors (Lipinski definition) is 4. The molecule has 106 valence electrons. The van der Waals surface area contributed by atoms with Crippen molar-refractivity contribution in [2.24, 2.45) is 0 Å². The van der Waals surface area contributed by atoms with Crippen LogP contribution in [0.4, 0.5) is 0 Å². The highest BCUT2D eigenvalue weighted by molar-refractivity contribution is 5.13. The Balaban J connectivity index is 1.82. The predicted octanol–water partition coefficient (Wildman–Crippen LogP) is -0.997. The van der Waals surface area contributed by atoms with Gasteiger partial charge in [0.15, 0.2) is 6.29 Å². The van der Waals surface area contributed by atoms with Crippen LogP contribution in [0, 0.1) is 0 Å². The van der Waals surface area contributed by atoms with E-state index in [2.05, 4.69) is 0 Å². The molecule has 0 spiro atoms. The summed E-state index contributed by atoms with van der Waals surface area (Å²) in [6.07, 6.45) is -6.66. The monoisotopic (exact) mass is 270 g/mol. The van der Waals surface area contributed by atoms with Gasteiger partial charge in [-0.25, -0.2) is 0 Å². The second-order valence-electron chi connectivity index (χ2n) is 4.54. The van der Waals surface area contributed by atoms with Gasteiger partial charge in [-0.1, -0.05) is 30.3 Å². The first-order valence-electron chi connectivity index (χ1n) is 6.09. The first kappa shape index (κ1) is 14.4. The molecule has 1 heterocycles. The molecule has 2 rings (SSSR count). The van der Waals surface area contributed by atoms with E-state index < -0.39 is 30.7 Å². The minimum Gasteiger partial charge on any atom is -0.387 e. The van der Waals surface area contributed by atoms with Gasteiger partial charge in [0.05, 0.1) is 13.2 Å². The van der Waals surface area contributed by atoms with Crippen LogP contribution in [-0.4, -0.2) is 57.7 Å². The van der Waals surface area contributed by atoms with Crippen LogP contribution in [0.3, 0.4) is 0 Å². The SMILES string of the molecule is O[C@@H]1[C@@H](O)[C@@H](O)O[C@H](COCc2ccccc2)[C@H]1O. The minimum atomic E-state index is -1.52. The zero-order valence-corrected chi connectivity index (χ0v) is 10.3. The Labute approximate surface area is 110 Å². The first-order valence-corrected chi connectivity index (χ1v) is 6.09. The maximum Gasteiger partial charge on any atom is 0.184 e. The van der Waals surface area contributed by atoms with Crippen LogP contribution in [0.1, 0.15) is 5.56 Å². The Morgan fingerprint density at radius 1 is 0.947 bits per heavy atom. The summed E-state index contributed by atoms with van der Waals surface area (Å²) >= 11 is 0. The lowest BCUT2D eigenvalue weighted by Gasteiger charge is -2.38. The summed E-state index contributed by atoms with van der Waals surface area (Å²) in [6, 6.07) is 9.45. The Morgan fingerprint density at radius 3 is 2.32 bits per heavy atom. The van der Waals surface area contributed by atoms with Crippen LogP contribution >= 0.6 is 0 Å². The van der Waals surface area contributed by atoms with E-state index in [0.717, 1.165) is 5.56 Å². The topological polar surface area (TPSA) is 99.4 Å². The Kier molecular flexibility index (Phi) is 4.87. The van der Waals surface area contributed by atoms with E-state index >= 15 is 0 Å².